The average Bonchev–Trinajstić information content (AvgIpc) is 2.64. The molecule has 0 fully saturated rings. The summed E-state index contributed by atoms with van der Waals surface area (Å²) in [6, 6.07) is 8.18. The molecule has 2 N–H and O–H groups in total. The highest BCUT2D eigenvalue weighted by atomic mass is 127. The van der Waals surface area contributed by atoms with E-state index in [0.29, 0.717) is 5.69 Å². The Balaban J connectivity index is 2.34. The highest BCUT2D eigenvalue weighted by Crippen LogP contribution is 2.32. The highest BCUT2D eigenvalue weighted by Gasteiger charge is 2.26. The molecule has 0 aliphatic carbocycles. The second-order valence-electron chi connectivity index (χ2n) is 7.05. The first-order chi connectivity index (χ1) is 14.1. The third-order valence-corrected chi connectivity index (χ3v) is 6.23. The summed E-state index contributed by atoms with van der Waals surface area (Å²) in [6.07, 6.45) is 0.126. The van der Waals surface area contributed by atoms with Gasteiger partial charge in [0.2, 0.25) is 5.43 Å². The molecular weight excluding hydrogens is 635 g/mol. The van der Waals surface area contributed by atoms with E-state index in [9.17, 15) is 19.7 Å². The smallest absolute Gasteiger partial charge is 0.282 e. The van der Waals surface area contributed by atoms with Gasteiger partial charge in [0.05, 0.1) is 21.2 Å². The number of nitro groups is 1. The molecule has 0 aliphatic heterocycles. The number of non-ortho nitro benzene ring substituents is 1. The Labute approximate surface area is 204 Å². The molecule has 0 saturated carbocycles. The maximum Gasteiger partial charge on any atom is 0.282 e. The Bertz CT molecular complexity index is 1240. The summed E-state index contributed by atoms with van der Waals surface area (Å²) in [5.74, 6) is -0.224. The van der Waals surface area contributed by atoms with E-state index < -0.39 is 21.8 Å². The van der Waals surface area contributed by atoms with Crippen LogP contribution in [-0.2, 0) is 0 Å². The van der Waals surface area contributed by atoms with Crippen molar-refractivity contribution in [1.29, 1.82) is 0 Å². The van der Waals surface area contributed by atoms with Gasteiger partial charge >= 0.3 is 0 Å². The molecule has 0 unspecified atom stereocenters. The lowest BCUT2D eigenvalue weighted by molar-refractivity contribution is -0.383. The monoisotopic (exact) mass is 651 g/mol. The quantitative estimate of drug-likeness (QED) is 0.142. The second kappa shape index (κ2) is 9.18. The predicted octanol–water partition coefficient (Wildman–Crippen LogP) is 6.27. The van der Waals surface area contributed by atoms with E-state index in [2.05, 4.69) is 55.5 Å². The number of aromatic amines is 1. The van der Waals surface area contributed by atoms with Crippen molar-refractivity contribution in [3.8, 4) is 0 Å². The van der Waals surface area contributed by atoms with Crippen LogP contribution in [0.3, 0.4) is 0 Å². The highest BCUT2D eigenvalue weighted by molar-refractivity contribution is 14.1. The number of nitrogens with one attached hydrogen (secondary N) is 2. The van der Waals surface area contributed by atoms with Gasteiger partial charge in [0.1, 0.15) is 16.8 Å². The molecule has 0 spiro atoms. The van der Waals surface area contributed by atoms with E-state index in [-0.39, 0.29) is 39.6 Å². The molecule has 3 rings (SSSR count). The van der Waals surface area contributed by atoms with Crippen LogP contribution in [0.25, 0.3) is 10.9 Å². The zero-order valence-electron chi connectivity index (χ0n) is 15.9. The van der Waals surface area contributed by atoms with Crippen molar-refractivity contribution in [1.82, 2.24) is 4.98 Å². The number of aromatic nitrogens is 1. The number of anilines is 2. The lowest BCUT2D eigenvalue weighted by Crippen LogP contribution is -2.21. The van der Waals surface area contributed by atoms with E-state index in [0.717, 1.165) is 7.14 Å². The van der Waals surface area contributed by atoms with Crippen LogP contribution in [0.2, 0.25) is 5.02 Å². The minimum atomic E-state index is -0.716. The molecule has 3 aromatic rings. The fraction of sp³-hybridized carbons (Fsp3) is 0.200. The van der Waals surface area contributed by atoms with E-state index in [1.54, 1.807) is 0 Å². The molecule has 0 radical (unpaired) electrons. The van der Waals surface area contributed by atoms with Crippen LogP contribution in [0.4, 0.5) is 17.2 Å². The fourth-order valence-electron chi connectivity index (χ4n) is 3.05. The Hall–Kier alpha value is -1.73. The largest absolute Gasteiger partial charge is 0.340 e. The molecule has 0 bridgehead atoms. The molecule has 1 aromatic heterocycles. The number of hydrogen-bond donors (Lipinski definition) is 2. The first-order valence-electron chi connectivity index (χ1n) is 8.88. The van der Waals surface area contributed by atoms with E-state index in [1.807, 2.05) is 32.0 Å². The summed E-state index contributed by atoms with van der Waals surface area (Å²) in [4.78, 5) is 40.1. The minimum Gasteiger partial charge on any atom is -0.340 e. The summed E-state index contributed by atoms with van der Waals surface area (Å²) in [5.41, 5.74) is -0.460. The summed E-state index contributed by atoms with van der Waals surface area (Å²) in [5, 5.41) is 14.6. The van der Waals surface area contributed by atoms with Crippen molar-refractivity contribution in [3.63, 3.8) is 0 Å². The normalized spacial score (nSPS) is 11.1. The van der Waals surface area contributed by atoms with Gasteiger partial charge in [-0.05, 0) is 75.4 Å². The second-order valence-corrected chi connectivity index (χ2v) is 9.86. The standard InChI is InChI=1S/C20H16ClI2N3O4/c1-9(2)7-15(27)17-19(28)16-14(26(29)30)6-4-11(21)18(16)25-20(17)24-13-5-3-10(22)8-12(13)23/h3-6,8-9H,7H2,1-2H3,(H2,24,25,28). The molecular formula is C20H16ClI2N3O4. The maximum absolute atomic E-state index is 13.3. The number of halogens is 3. The van der Waals surface area contributed by atoms with Crippen LogP contribution in [0.15, 0.2) is 35.1 Å². The van der Waals surface area contributed by atoms with Crippen LogP contribution < -0.4 is 10.7 Å². The van der Waals surface area contributed by atoms with Crippen molar-refractivity contribution < 1.29 is 9.72 Å². The number of nitro benzene ring substituents is 1. The maximum atomic E-state index is 13.3. The van der Waals surface area contributed by atoms with Gasteiger partial charge in [0.15, 0.2) is 5.78 Å². The van der Waals surface area contributed by atoms with Gasteiger partial charge in [-0.15, -0.1) is 0 Å². The SMILES string of the molecule is CC(C)CC(=O)c1c(Nc2ccc(I)cc2I)[nH]c2c(Cl)ccc([N+](=O)[O-])c2c1=O. The third kappa shape index (κ3) is 4.62. The van der Waals surface area contributed by atoms with Crippen molar-refractivity contribution in [2.45, 2.75) is 20.3 Å². The number of fused-ring (bicyclic) bond motifs is 1. The number of benzene rings is 2. The first-order valence-corrected chi connectivity index (χ1v) is 11.4. The van der Waals surface area contributed by atoms with Crippen molar-refractivity contribution in [2.24, 2.45) is 5.92 Å². The van der Waals surface area contributed by atoms with Gasteiger partial charge in [-0.1, -0.05) is 25.4 Å². The lowest BCUT2D eigenvalue weighted by atomic mass is 9.99. The van der Waals surface area contributed by atoms with Crippen LogP contribution in [0.5, 0.6) is 0 Å². The van der Waals surface area contributed by atoms with Gasteiger partial charge in [0, 0.05) is 19.6 Å². The number of rotatable bonds is 6. The predicted molar refractivity (Wildman–Crippen MR) is 135 cm³/mol. The molecule has 0 saturated heterocycles. The molecule has 156 valence electrons. The van der Waals surface area contributed by atoms with Crippen LogP contribution in [0, 0.1) is 23.2 Å². The topological polar surface area (TPSA) is 105 Å². The molecule has 0 atom stereocenters. The Morgan fingerprint density at radius 3 is 2.57 bits per heavy atom. The number of carbonyl (C=O) groups is 1. The molecule has 2 aromatic carbocycles. The van der Waals surface area contributed by atoms with Gasteiger partial charge in [-0.2, -0.15) is 0 Å². The zero-order valence-corrected chi connectivity index (χ0v) is 21.0. The number of hydrogen-bond acceptors (Lipinski definition) is 5. The summed E-state index contributed by atoms with van der Waals surface area (Å²) < 4.78 is 1.91. The molecule has 10 heteroatoms. The summed E-state index contributed by atoms with van der Waals surface area (Å²) in [6.45, 7) is 3.73. The van der Waals surface area contributed by atoms with E-state index in [1.165, 1.54) is 12.1 Å². The van der Waals surface area contributed by atoms with Crippen LogP contribution >= 0.6 is 56.8 Å². The number of pyridine rings is 1. The zero-order chi connectivity index (χ0) is 22.2. The van der Waals surface area contributed by atoms with Gasteiger partial charge in [-0.25, -0.2) is 0 Å². The number of carbonyl (C=O) groups excluding carboxylic acids is 1. The lowest BCUT2D eigenvalue weighted by Gasteiger charge is -2.15. The number of Topliss-reactive ketones (excluding diaryl/α,β-unsaturated/α-hetero) is 1. The van der Waals surface area contributed by atoms with Crippen LogP contribution in [-0.4, -0.2) is 15.7 Å². The van der Waals surface area contributed by atoms with Gasteiger partial charge in [-0.3, -0.25) is 19.7 Å². The Kier molecular flexibility index (Phi) is 7.02. The fourth-order valence-corrected chi connectivity index (χ4v) is 5.00. The van der Waals surface area contributed by atoms with E-state index in [4.69, 9.17) is 11.6 Å². The molecule has 0 amide bonds. The van der Waals surface area contributed by atoms with Gasteiger partial charge < -0.3 is 10.3 Å². The Morgan fingerprint density at radius 2 is 1.97 bits per heavy atom. The van der Waals surface area contributed by atoms with Gasteiger partial charge in [0.25, 0.3) is 5.69 Å². The van der Waals surface area contributed by atoms with Crippen molar-refractivity contribution >= 4 is 90.7 Å². The van der Waals surface area contributed by atoms with Crippen LogP contribution in [0.1, 0.15) is 30.6 Å². The van der Waals surface area contributed by atoms with Crippen molar-refractivity contribution in [2.75, 3.05) is 5.32 Å². The molecule has 30 heavy (non-hydrogen) atoms. The first kappa shape index (κ1) is 22.9. The van der Waals surface area contributed by atoms with Crippen molar-refractivity contribution in [3.05, 3.63) is 68.4 Å². The molecule has 7 nitrogen and oxygen atoms in total. The number of H-pyrrole nitrogens is 1. The minimum absolute atomic E-state index is 0.00762. The Morgan fingerprint density at radius 1 is 1.27 bits per heavy atom. The summed E-state index contributed by atoms with van der Waals surface area (Å²) in [7, 11) is 0. The average molecular weight is 652 g/mol. The molecule has 0 aliphatic rings. The molecule has 1 heterocycles. The number of nitrogens with zero attached hydrogens (tertiary/aromatic N) is 1. The summed E-state index contributed by atoms with van der Waals surface area (Å²) >= 11 is 10.6. The number of ketones is 1. The van der Waals surface area contributed by atoms with E-state index >= 15 is 0 Å². The third-order valence-electron chi connectivity index (χ3n) is 4.35.